The molecule has 2 unspecified atom stereocenters. The summed E-state index contributed by atoms with van der Waals surface area (Å²) in [5.41, 5.74) is 3.14. The molecule has 28 heavy (non-hydrogen) atoms. The molecule has 0 spiro atoms. The van der Waals surface area contributed by atoms with E-state index in [-0.39, 0.29) is 12.7 Å². The minimum absolute atomic E-state index is 0.00144. The van der Waals surface area contributed by atoms with Crippen molar-refractivity contribution in [1.82, 2.24) is 0 Å². The maximum atomic E-state index is 9.58. The standard InChI is InChI=1S/C23H29ClO4/c1-3-26-20-10-7-17(8-11-20)14-18-15-19(9-12-22(18)24)23(27-4-2)13-5-6-21(16-25)28-23/h7-12,15,21,25H,3-6,13-14,16H2,1-2H3. The average Bonchev–Trinajstić information content (AvgIpc) is 2.71. The second-order valence-electron chi connectivity index (χ2n) is 7.06. The van der Waals surface area contributed by atoms with Crippen LogP contribution >= 0.6 is 11.6 Å². The fraction of sp³-hybridized carbons (Fsp3) is 0.478. The monoisotopic (exact) mass is 404 g/mol. The number of halogens is 1. The van der Waals surface area contributed by atoms with Crippen LogP contribution in [0.4, 0.5) is 0 Å². The first-order valence-corrected chi connectivity index (χ1v) is 10.4. The van der Waals surface area contributed by atoms with E-state index in [1.807, 2.05) is 38.1 Å². The summed E-state index contributed by atoms with van der Waals surface area (Å²) in [6.45, 7) is 5.13. The predicted octanol–water partition coefficient (Wildman–Crippen LogP) is 5.08. The lowest BCUT2D eigenvalue weighted by Gasteiger charge is -2.41. The van der Waals surface area contributed by atoms with Gasteiger partial charge in [-0.2, -0.15) is 0 Å². The van der Waals surface area contributed by atoms with Gasteiger partial charge in [0, 0.05) is 23.6 Å². The van der Waals surface area contributed by atoms with Gasteiger partial charge in [0.05, 0.1) is 19.3 Å². The highest BCUT2D eigenvalue weighted by Crippen LogP contribution is 2.40. The van der Waals surface area contributed by atoms with Gasteiger partial charge in [-0.1, -0.05) is 29.8 Å². The van der Waals surface area contributed by atoms with E-state index < -0.39 is 5.79 Å². The summed E-state index contributed by atoms with van der Waals surface area (Å²) in [5.74, 6) is 0.0468. The third-order valence-electron chi connectivity index (χ3n) is 5.08. The lowest BCUT2D eigenvalue weighted by Crippen LogP contribution is -2.42. The molecule has 1 heterocycles. The molecule has 1 saturated heterocycles. The van der Waals surface area contributed by atoms with Crippen LogP contribution in [-0.4, -0.2) is 31.0 Å². The Bertz CT molecular complexity index is 758. The Morgan fingerprint density at radius 1 is 1.14 bits per heavy atom. The van der Waals surface area contributed by atoms with E-state index in [9.17, 15) is 5.11 Å². The van der Waals surface area contributed by atoms with Crippen molar-refractivity contribution in [3.63, 3.8) is 0 Å². The topological polar surface area (TPSA) is 47.9 Å². The Labute approximate surface area is 172 Å². The molecule has 0 radical (unpaired) electrons. The normalized spacial score (nSPS) is 22.2. The Balaban J connectivity index is 1.86. The van der Waals surface area contributed by atoms with Gasteiger partial charge in [0.1, 0.15) is 5.75 Å². The smallest absolute Gasteiger partial charge is 0.195 e. The van der Waals surface area contributed by atoms with Crippen molar-refractivity contribution in [1.29, 1.82) is 0 Å². The number of hydrogen-bond acceptors (Lipinski definition) is 4. The summed E-state index contributed by atoms with van der Waals surface area (Å²) in [6.07, 6.45) is 3.07. The summed E-state index contributed by atoms with van der Waals surface area (Å²) in [7, 11) is 0. The first kappa shape index (κ1) is 21.1. The maximum absolute atomic E-state index is 9.58. The highest BCUT2D eigenvalue weighted by atomic mass is 35.5. The van der Waals surface area contributed by atoms with Gasteiger partial charge in [-0.25, -0.2) is 0 Å². The molecule has 2 atom stereocenters. The van der Waals surface area contributed by atoms with Crippen molar-refractivity contribution in [3.8, 4) is 5.75 Å². The zero-order valence-corrected chi connectivity index (χ0v) is 17.4. The van der Waals surface area contributed by atoms with Crippen LogP contribution in [0.5, 0.6) is 5.75 Å². The zero-order chi connectivity index (χ0) is 20.0. The zero-order valence-electron chi connectivity index (χ0n) is 16.6. The lowest BCUT2D eigenvalue weighted by atomic mass is 9.92. The number of aliphatic hydroxyl groups is 1. The van der Waals surface area contributed by atoms with Gasteiger partial charge < -0.3 is 19.3 Å². The van der Waals surface area contributed by atoms with Crippen LogP contribution in [0.3, 0.4) is 0 Å². The molecule has 0 saturated carbocycles. The summed E-state index contributed by atoms with van der Waals surface area (Å²) in [6, 6.07) is 14.0. The summed E-state index contributed by atoms with van der Waals surface area (Å²) in [5, 5.41) is 10.3. The predicted molar refractivity (Wildman–Crippen MR) is 111 cm³/mol. The van der Waals surface area contributed by atoms with E-state index >= 15 is 0 Å². The fourth-order valence-electron chi connectivity index (χ4n) is 3.75. The van der Waals surface area contributed by atoms with E-state index in [1.165, 1.54) is 0 Å². The molecule has 4 nitrogen and oxygen atoms in total. The summed E-state index contributed by atoms with van der Waals surface area (Å²) < 4.78 is 17.8. The van der Waals surface area contributed by atoms with Crippen molar-refractivity contribution in [2.45, 2.75) is 51.4 Å². The van der Waals surface area contributed by atoms with Crippen LogP contribution < -0.4 is 4.74 Å². The van der Waals surface area contributed by atoms with Crippen LogP contribution in [0.15, 0.2) is 42.5 Å². The molecule has 1 fully saturated rings. The number of hydrogen-bond donors (Lipinski definition) is 1. The first-order chi connectivity index (χ1) is 13.6. The molecule has 1 aliphatic rings. The molecule has 0 amide bonds. The van der Waals surface area contributed by atoms with Crippen molar-refractivity contribution in [2.75, 3.05) is 19.8 Å². The molecule has 3 rings (SSSR count). The van der Waals surface area contributed by atoms with Crippen LogP contribution in [-0.2, 0) is 21.7 Å². The van der Waals surface area contributed by atoms with Crippen molar-refractivity contribution < 1.29 is 19.3 Å². The van der Waals surface area contributed by atoms with Crippen LogP contribution in [0.1, 0.15) is 49.8 Å². The first-order valence-electron chi connectivity index (χ1n) is 10.0. The maximum Gasteiger partial charge on any atom is 0.195 e. The van der Waals surface area contributed by atoms with Crippen molar-refractivity contribution >= 4 is 11.6 Å². The minimum Gasteiger partial charge on any atom is -0.494 e. The van der Waals surface area contributed by atoms with Gasteiger partial charge in [0.25, 0.3) is 0 Å². The quantitative estimate of drug-likeness (QED) is 0.666. The van der Waals surface area contributed by atoms with Gasteiger partial charge in [0.2, 0.25) is 0 Å². The van der Waals surface area contributed by atoms with E-state index in [2.05, 4.69) is 18.2 Å². The van der Waals surface area contributed by atoms with E-state index in [1.54, 1.807) is 0 Å². The largest absolute Gasteiger partial charge is 0.494 e. The number of rotatable bonds is 8. The fourth-order valence-corrected chi connectivity index (χ4v) is 3.93. The van der Waals surface area contributed by atoms with Gasteiger partial charge >= 0.3 is 0 Å². The van der Waals surface area contributed by atoms with Gasteiger partial charge in [-0.3, -0.25) is 0 Å². The summed E-state index contributed by atoms with van der Waals surface area (Å²) >= 11 is 6.50. The van der Waals surface area contributed by atoms with E-state index in [0.29, 0.717) is 19.6 Å². The highest BCUT2D eigenvalue weighted by Gasteiger charge is 2.40. The molecular weight excluding hydrogens is 376 g/mol. The van der Waals surface area contributed by atoms with Crippen molar-refractivity contribution in [3.05, 3.63) is 64.2 Å². The third kappa shape index (κ3) is 4.87. The number of ether oxygens (including phenoxy) is 3. The number of benzene rings is 2. The van der Waals surface area contributed by atoms with Crippen LogP contribution in [0.2, 0.25) is 5.02 Å². The van der Waals surface area contributed by atoms with Crippen LogP contribution in [0.25, 0.3) is 0 Å². The molecule has 0 aromatic heterocycles. The molecule has 0 aliphatic carbocycles. The molecule has 2 aromatic carbocycles. The second-order valence-corrected chi connectivity index (χ2v) is 7.47. The van der Waals surface area contributed by atoms with E-state index in [0.717, 1.165) is 46.7 Å². The molecule has 2 aromatic rings. The van der Waals surface area contributed by atoms with Crippen molar-refractivity contribution in [2.24, 2.45) is 0 Å². The Morgan fingerprint density at radius 2 is 1.93 bits per heavy atom. The average molecular weight is 405 g/mol. The minimum atomic E-state index is -0.821. The lowest BCUT2D eigenvalue weighted by molar-refractivity contribution is -0.292. The molecule has 0 bridgehead atoms. The Morgan fingerprint density at radius 3 is 2.61 bits per heavy atom. The number of aliphatic hydroxyl groups excluding tert-OH is 1. The van der Waals surface area contributed by atoms with Gasteiger partial charge in [-0.05, 0) is 68.5 Å². The molecule has 152 valence electrons. The second kappa shape index (κ2) is 9.75. The Hall–Kier alpha value is -1.59. The summed E-state index contributed by atoms with van der Waals surface area (Å²) in [4.78, 5) is 0. The van der Waals surface area contributed by atoms with Crippen LogP contribution in [0, 0.1) is 0 Å². The van der Waals surface area contributed by atoms with E-state index in [4.69, 9.17) is 25.8 Å². The van der Waals surface area contributed by atoms with Gasteiger partial charge in [-0.15, -0.1) is 0 Å². The molecule has 5 heteroatoms. The Kier molecular flexibility index (Phi) is 7.36. The molecule has 1 aliphatic heterocycles. The SMILES string of the molecule is CCOc1ccc(Cc2cc(C3(OCC)CCCC(CO)O3)ccc2Cl)cc1. The molecular formula is C23H29ClO4. The molecule has 1 N–H and O–H groups in total. The van der Waals surface area contributed by atoms with Gasteiger partial charge in [0.15, 0.2) is 5.79 Å². The highest BCUT2D eigenvalue weighted by molar-refractivity contribution is 6.31. The third-order valence-corrected chi connectivity index (χ3v) is 5.45.